The smallest absolute Gasteiger partial charge is 0.223 e. The SMILES string of the molecule is CC1CCN([C@@H](CNC(=O)C2C[C@H]3CC[C@@H](C2)C32SCCS2)c2cccs2)CC1. The Bertz CT molecular complexity index is 679. The highest BCUT2D eigenvalue weighted by atomic mass is 32.2. The Morgan fingerprint density at radius 3 is 2.48 bits per heavy atom. The summed E-state index contributed by atoms with van der Waals surface area (Å²) in [7, 11) is 0. The number of amides is 1. The zero-order valence-electron chi connectivity index (χ0n) is 17.5. The number of thioether (sulfide) groups is 2. The van der Waals surface area contributed by atoms with Crippen molar-refractivity contribution in [2.75, 3.05) is 31.1 Å². The second-order valence-corrected chi connectivity index (χ2v) is 13.5. The first kappa shape index (κ1) is 20.7. The number of thiophene rings is 1. The van der Waals surface area contributed by atoms with E-state index in [0.717, 1.165) is 50.2 Å². The van der Waals surface area contributed by atoms with Gasteiger partial charge in [0.05, 0.1) is 10.1 Å². The molecule has 1 unspecified atom stereocenters. The maximum Gasteiger partial charge on any atom is 0.223 e. The minimum Gasteiger partial charge on any atom is -0.354 e. The van der Waals surface area contributed by atoms with Crippen molar-refractivity contribution in [3.8, 4) is 0 Å². The standard InChI is InChI=1S/C23H34N2OS3/c1-16-6-8-25(9-7-16)20(21-3-2-10-27-21)15-24-22(26)17-13-18-4-5-19(14-17)23(18)28-11-12-29-23/h2-3,10,16-20H,4-9,11-15H2,1H3,(H,24,26)/t17?,18-,19+,20-/m0/s1. The average Bonchev–Trinajstić information content (AvgIpc) is 3.46. The van der Waals surface area contributed by atoms with Crippen LogP contribution in [-0.4, -0.2) is 46.0 Å². The van der Waals surface area contributed by atoms with Crippen molar-refractivity contribution < 1.29 is 4.79 Å². The zero-order valence-corrected chi connectivity index (χ0v) is 19.9. The van der Waals surface area contributed by atoms with Gasteiger partial charge in [-0.25, -0.2) is 0 Å². The number of hydrogen-bond donors (Lipinski definition) is 1. The van der Waals surface area contributed by atoms with Crippen LogP contribution in [0.15, 0.2) is 17.5 Å². The maximum absolute atomic E-state index is 13.2. The number of likely N-dealkylation sites (tertiary alicyclic amines) is 1. The highest BCUT2D eigenvalue weighted by Crippen LogP contribution is 2.65. The van der Waals surface area contributed by atoms with Gasteiger partial charge in [-0.15, -0.1) is 34.9 Å². The molecule has 3 nitrogen and oxygen atoms in total. The normalized spacial score (nSPS) is 33.2. The Morgan fingerprint density at radius 2 is 1.86 bits per heavy atom. The molecule has 6 heteroatoms. The van der Waals surface area contributed by atoms with Crippen LogP contribution < -0.4 is 5.32 Å². The summed E-state index contributed by atoms with van der Waals surface area (Å²) in [5.41, 5.74) is 0. The number of nitrogens with one attached hydrogen (secondary N) is 1. The predicted molar refractivity (Wildman–Crippen MR) is 127 cm³/mol. The fourth-order valence-electron chi connectivity index (χ4n) is 6.19. The molecule has 2 aliphatic carbocycles. The molecule has 1 spiro atoms. The molecule has 2 aliphatic heterocycles. The van der Waals surface area contributed by atoms with E-state index in [0.29, 0.717) is 16.0 Å². The van der Waals surface area contributed by atoms with Gasteiger partial charge in [0.15, 0.2) is 0 Å². The van der Waals surface area contributed by atoms with Crippen molar-refractivity contribution in [3.05, 3.63) is 22.4 Å². The van der Waals surface area contributed by atoms with Crippen LogP contribution in [0.5, 0.6) is 0 Å². The van der Waals surface area contributed by atoms with E-state index in [9.17, 15) is 4.79 Å². The number of hydrogen-bond acceptors (Lipinski definition) is 5. The highest BCUT2D eigenvalue weighted by Gasteiger charge is 2.57. The van der Waals surface area contributed by atoms with Crippen LogP contribution in [0.3, 0.4) is 0 Å². The lowest BCUT2D eigenvalue weighted by atomic mass is 9.79. The van der Waals surface area contributed by atoms with Crippen LogP contribution in [0.1, 0.15) is 56.4 Å². The molecule has 1 N–H and O–H groups in total. The first-order valence-electron chi connectivity index (χ1n) is 11.5. The number of carbonyl (C=O) groups is 1. The third kappa shape index (κ3) is 4.04. The van der Waals surface area contributed by atoms with Gasteiger partial charge < -0.3 is 5.32 Å². The van der Waals surface area contributed by atoms with Crippen LogP contribution in [0.25, 0.3) is 0 Å². The van der Waals surface area contributed by atoms with Gasteiger partial charge in [0.25, 0.3) is 0 Å². The highest BCUT2D eigenvalue weighted by molar-refractivity contribution is 8.21. The predicted octanol–water partition coefficient (Wildman–Crippen LogP) is 5.25. The summed E-state index contributed by atoms with van der Waals surface area (Å²) < 4.78 is 0.473. The Morgan fingerprint density at radius 1 is 1.17 bits per heavy atom. The molecule has 0 aromatic carbocycles. The van der Waals surface area contributed by atoms with Crippen molar-refractivity contribution in [1.82, 2.24) is 10.2 Å². The van der Waals surface area contributed by atoms with Crippen LogP contribution in [0.2, 0.25) is 0 Å². The molecule has 3 heterocycles. The lowest BCUT2D eigenvalue weighted by molar-refractivity contribution is -0.127. The third-order valence-electron chi connectivity index (χ3n) is 7.85. The number of rotatable bonds is 5. The topological polar surface area (TPSA) is 32.3 Å². The van der Waals surface area contributed by atoms with E-state index in [-0.39, 0.29) is 5.92 Å². The molecule has 29 heavy (non-hydrogen) atoms. The molecule has 1 amide bonds. The summed E-state index contributed by atoms with van der Waals surface area (Å²) >= 11 is 6.28. The van der Waals surface area contributed by atoms with Crippen molar-refractivity contribution in [1.29, 1.82) is 0 Å². The second-order valence-electron chi connectivity index (χ2n) is 9.55. The fourth-order valence-corrected chi connectivity index (χ4v) is 11.0. The second kappa shape index (κ2) is 8.76. The van der Waals surface area contributed by atoms with E-state index in [1.807, 2.05) is 11.3 Å². The molecule has 4 fully saturated rings. The summed E-state index contributed by atoms with van der Waals surface area (Å²) in [5, 5.41) is 5.58. The molecule has 5 rings (SSSR count). The molecule has 0 radical (unpaired) electrons. The largest absolute Gasteiger partial charge is 0.354 e. The average molecular weight is 451 g/mol. The summed E-state index contributed by atoms with van der Waals surface area (Å²) in [6.07, 6.45) is 7.48. The molecule has 4 atom stereocenters. The van der Waals surface area contributed by atoms with Gasteiger partial charge in [-0.2, -0.15) is 0 Å². The zero-order chi connectivity index (χ0) is 19.8. The quantitative estimate of drug-likeness (QED) is 0.664. The number of carbonyl (C=O) groups excluding carboxylic acids is 1. The molecule has 2 saturated carbocycles. The van der Waals surface area contributed by atoms with Crippen LogP contribution in [0.4, 0.5) is 0 Å². The van der Waals surface area contributed by atoms with E-state index in [1.165, 1.54) is 42.1 Å². The van der Waals surface area contributed by atoms with Gasteiger partial charge in [0, 0.05) is 28.8 Å². The van der Waals surface area contributed by atoms with Gasteiger partial charge >= 0.3 is 0 Å². The summed E-state index contributed by atoms with van der Waals surface area (Å²) in [5.74, 6) is 5.54. The Labute approximate surface area is 188 Å². The summed E-state index contributed by atoms with van der Waals surface area (Å²) in [4.78, 5) is 17.2. The number of piperidine rings is 1. The first-order chi connectivity index (χ1) is 14.2. The monoisotopic (exact) mass is 450 g/mol. The summed E-state index contributed by atoms with van der Waals surface area (Å²) in [6.45, 7) is 5.45. The molecular weight excluding hydrogens is 416 g/mol. The maximum atomic E-state index is 13.2. The Kier molecular flexibility index (Phi) is 6.26. The molecular formula is C23H34N2OS3. The van der Waals surface area contributed by atoms with E-state index in [1.54, 1.807) is 0 Å². The fraction of sp³-hybridized carbons (Fsp3) is 0.783. The first-order valence-corrected chi connectivity index (χ1v) is 14.3. The molecule has 1 aromatic heterocycles. The van der Waals surface area contributed by atoms with Gasteiger partial charge in [0.1, 0.15) is 0 Å². The minimum absolute atomic E-state index is 0.241. The summed E-state index contributed by atoms with van der Waals surface area (Å²) in [6, 6.07) is 4.74. The molecule has 1 aromatic rings. The van der Waals surface area contributed by atoms with Crippen molar-refractivity contribution in [3.63, 3.8) is 0 Å². The van der Waals surface area contributed by atoms with Gasteiger partial charge in [-0.1, -0.05) is 13.0 Å². The van der Waals surface area contributed by atoms with E-state index in [2.05, 4.69) is 58.2 Å². The van der Waals surface area contributed by atoms with Crippen LogP contribution in [0, 0.1) is 23.7 Å². The van der Waals surface area contributed by atoms with Gasteiger partial charge in [0.2, 0.25) is 5.91 Å². The Hall–Kier alpha value is -0.170. The lowest BCUT2D eigenvalue weighted by Crippen LogP contribution is -2.46. The molecule has 2 bridgehead atoms. The molecule has 4 aliphatic rings. The molecule has 160 valence electrons. The lowest BCUT2D eigenvalue weighted by Gasteiger charge is -2.42. The number of nitrogens with zero attached hydrogens (tertiary/aromatic N) is 1. The van der Waals surface area contributed by atoms with Gasteiger partial charge in [-0.3, -0.25) is 9.69 Å². The minimum atomic E-state index is 0.241. The molecule has 2 saturated heterocycles. The van der Waals surface area contributed by atoms with E-state index in [4.69, 9.17) is 0 Å². The van der Waals surface area contributed by atoms with Crippen molar-refractivity contribution in [2.24, 2.45) is 23.7 Å². The van der Waals surface area contributed by atoms with E-state index < -0.39 is 0 Å². The van der Waals surface area contributed by atoms with Gasteiger partial charge in [-0.05, 0) is 80.8 Å². The van der Waals surface area contributed by atoms with Crippen LogP contribution >= 0.6 is 34.9 Å². The third-order valence-corrected chi connectivity index (χ3v) is 12.8. The van der Waals surface area contributed by atoms with E-state index >= 15 is 0 Å². The Balaban J connectivity index is 1.21. The van der Waals surface area contributed by atoms with Crippen molar-refractivity contribution >= 4 is 40.8 Å². The van der Waals surface area contributed by atoms with Crippen molar-refractivity contribution in [2.45, 2.75) is 55.6 Å². The van der Waals surface area contributed by atoms with Crippen LogP contribution in [-0.2, 0) is 4.79 Å².